The summed E-state index contributed by atoms with van der Waals surface area (Å²) in [5, 5.41) is 10.8. The highest BCUT2D eigenvalue weighted by atomic mass is 16.3. The first-order valence-corrected chi connectivity index (χ1v) is 7.31. The largest absolute Gasteiger partial charge is 0.392 e. The van der Waals surface area contributed by atoms with Crippen molar-refractivity contribution in [3.8, 4) is 0 Å². The molecule has 0 heterocycles. The molecule has 3 saturated carbocycles. The van der Waals surface area contributed by atoms with Crippen LogP contribution in [0.2, 0.25) is 0 Å². The van der Waals surface area contributed by atoms with E-state index >= 15 is 0 Å². The highest BCUT2D eigenvalue weighted by Gasteiger charge is 2.69. The molecule has 0 saturated heterocycles. The SMILES string of the molecule is CC1(C)CC[C@@]2(C)[C@@H](O)[C@H]3[C@H]([C@H]4C=C[C@@H]3C4)[C@@H]12. The molecule has 17 heavy (non-hydrogen) atoms. The number of aliphatic hydroxyl groups is 1. The molecule has 4 aliphatic carbocycles. The lowest BCUT2D eigenvalue weighted by Gasteiger charge is -2.38. The maximum atomic E-state index is 10.8. The van der Waals surface area contributed by atoms with Gasteiger partial charge >= 0.3 is 0 Å². The van der Waals surface area contributed by atoms with Gasteiger partial charge in [0.05, 0.1) is 6.10 Å². The summed E-state index contributed by atoms with van der Waals surface area (Å²) in [5.41, 5.74) is 0.648. The summed E-state index contributed by atoms with van der Waals surface area (Å²) in [7, 11) is 0. The van der Waals surface area contributed by atoms with E-state index in [2.05, 4.69) is 32.9 Å². The van der Waals surface area contributed by atoms with Crippen molar-refractivity contribution in [1.82, 2.24) is 0 Å². The molecule has 4 aliphatic rings. The summed E-state index contributed by atoms with van der Waals surface area (Å²) >= 11 is 0. The number of allylic oxidation sites excluding steroid dienone is 2. The molecule has 0 unspecified atom stereocenters. The molecule has 0 aliphatic heterocycles. The maximum Gasteiger partial charge on any atom is 0.0633 e. The molecule has 7 atom stereocenters. The Morgan fingerprint density at radius 3 is 2.35 bits per heavy atom. The van der Waals surface area contributed by atoms with Gasteiger partial charge in [-0.25, -0.2) is 0 Å². The topological polar surface area (TPSA) is 20.2 Å². The van der Waals surface area contributed by atoms with Gasteiger partial charge in [-0.05, 0) is 59.7 Å². The molecule has 0 spiro atoms. The fraction of sp³-hybridized carbons (Fsp3) is 0.875. The first-order valence-electron chi connectivity index (χ1n) is 7.31. The molecule has 2 bridgehead atoms. The molecule has 0 aromatic heterocycles. The minimum absolute atomic E-state index is 0.0424. The molecule has 1 N–H and O–H groups in total. The van der Waals surface area contributed by atoms with E-state index in [1.54, 1.807) is 0 Å². The van der Waals surface area contributed by atoms with Crippen LogP contribution in [0.5, 0.6) is 0 Å². The molecule has 4 rings (SSSR count). The van der Waals surface area contributed by atoms with Crippen LogP contribution in [0.3, 0.4) is 0 Å². The average molecular weight is 232 g/mol. The van der Waals surface area contributed by atoms with E-state index in [0.717, 1.165) is 17.8 Å². The van der Waals surface area contributed by atoms with Gasteiger partial charge in [0.25, 0.3) is 0 Å². The number of aliphatic hydroxyl groups excluding tert-OH is 1. The van der Waals surface area contributed by atoms with Crippen molar-refractivity contribution in [2.24, 2.45) is 40.4 Å². The number of fused-ring (bicyclic) bond motifs is 7. The van der Waals surface area contributed by atoms with Crippen LogP contribution in [-0.2, 0) is 0 Å². The lowest BCUT2D eigenvalue weighted by Crippen LogP contribution is -2.35. The zero-order valence-electron chi connectivity index (χ0n) is 11.2. The standard InChI is InChI=1S/C16H24O/c1-15(2)6-7-16(3)13(15)11-9-4-5-10(8-9)12(11)14(16)17/h4-5,9-14,17H,6-8H2,1-3H3/t9-,10+,11-,12+,13-,14-,16+/m0/s1. The van der Waals surface area contributed by atoms with Gasteiger partial charge in [-0.15, -0.1) is 0 Å². The summed E-state index contributed by atoms with van der Waals surface area (Å²) < 4.78 is 0. The highest BCUT2D eigenvalue weighted by molar-refractivity contribution is 5.25. The third kappa shape index (κ3) is 1.02. The summed E-state index contributed by atoms with van der Waals surface area (Å²) in [6, 6.07) is 0. The smallest absolute Gasteiger partial charge is 0.0633 e. The second-order valence-corrected chi connectivity index (χ2v) is 8.02. The zero-order valence-corrected chi connectivity index (χ0v) is 11.2. The van der Waals surface area contributed by atoms with Gasteiger partial charge in [-0.3, -0.25) is 0 Å². The Kier molecular flexibility index (Phi) is 1.76. The predicted molar refractivity (Wildman–Crippen MR) is 68.3 cm³/mol. The van der Waals surface area contributed by atoms with E-state index < -0.39 is 0 Å². The lowest BCUT2D eigenvalue weighted by molar-refractivity contribution is 0.0114. The molecule has 1 nitrogen and oxygen atoms in total. The summed E-state index contributed by atoms with van der Waals surface area (Å²) in [6.07, 6.45) is 8.67. The van der Waals surface area contributed by atoms with Gasteiger partial charge in [0, 0.05) is 0 Å². The zero-order chi connectivity index (χ0) is 12.0. The minimum Gasteiger partial charge on any atom is -0.392 e. The molecule has 3 fully saturated rings. The van der Waals surface area contributed by atoms with Crippen LogP contribution < -0.4 is 0 Å². The van der Waals surface area contributed by atoms with Gasteiger partial charge in [-0.2, -0.15) is 0 Å². The van der Waals surface area contributed by atoms with Crippen molar-refractivity contribution >= 4 is 0 Å². The van der Waals surface area contributed by atoms with Gasteiger partial charge < -0.3 is 5.11 Å². The van der Waals surface area contributed by atoms with Crippen LogP contribution in [0.15, 0.2) is 12.2 Å². The highest BCUT2D eigenvalue weighted by Crippen LogP contribution is 2.72. The lowest BCUT2D eigenvalue weighted by atomic mass is 9.67. The quantitative estimate of drug-likeness (QED) is 0.636. The summed E-state index contributed by atoms with van der Waals surface area (Å²) in [5.74, 6) is 3.58. The Balaban J connectivity index is 1.84. The maximum absolute atomic E-state index is 10.8. The Labute approximate surface area is 104 Å². The minimum atomic E-state index is -0.0424. The van der Waals surface area contributed by atoms with Crippen molar-refractivity contribution in [3.05, 3.63) is 12.2 Å². The van der Waals surface area contributed by atoms with Gasteiger partial charge in [0.1, 0.15) is 0 Å². The van der Waals surface area contributed by atoms with E-state index in [0.29, 0.717) is 17.3 Å². The molecule has 0 aromatic carbocycles. The monoisotopic (exact) mass is 232 g/mol. The van der Waals surface area contributed by atoms with E-state index in [1.807, 2.05) is 0 Å². The molecular formula is C16H24O. The Bertz CT molecular complexity index is 396. The van der Waals surface area contributed by atoms with Crippen LogP contribution in [0.1, 0.15) is 40.0 Å². The Morgan fingerprint density at radius 2 is 1.65 bits per heavy atom. The molecule has 0 amide bonds. The van der Waals surface area contributed by atoms with Crippen LogP contribution in [0.4, 0.5) is 0 Å². The number of hydrogen-bond donors (Lipinski definition) is 1. The van der Waals surface area contributed by atoms with Crippen LogP contribution >= 0.6 is 0 Å². The van der Waals surface area contributed by atoms with Gasteiger partial charge in [0.15, 0.2) is 0 Å². The van der Waals surface area contributed by atoms with Crippen molar-refractivity contribution in [2.75, 3.05) is 0 Å². The summed E-state index contributed by atoms with van der Waals surface area (Å²) in [6.45, 7) is 7.25. The number of hydrogen-bond acceptors (Lipinski definition) is 1. The second-order valence-electron chi connectivity index (χ2n) is 8.02. The second kappa shape index (κ2) is 2.82. The predicted octanol–water partition coefficient (Wildman–Crippen LogP) is 3.24. The average Bonchev–Trinajstić information content (AvgIpc) is 2.93. The molecule has 1 heteroatoms. The van der Waals surface area contributed by atoms with Crippen molar-refractivity contribution in [3.63, 3.8) is 0 Å². The van der Waals surface area contributed by atoms with E-state index in [1.165, 1.54) is 19.3 Å². The first-order chi connectivity index (χ1) is 7.95. The molecule has 0 radical (unpaired) electrons. The summed E-state index contributed by atoms with van der Waals surface area (Å²) in [4.78, 5) is 0. The first kappa shape index (κ1) is 10.6. The third-order valence-electron chi connectivity index (χ3n) is 6.87. The van der Waals surface area contributed by atoms with Crippen LogP contribution in [-0.4, -0.2) is 11.2 Å². The van der Waals surface area contributed by atoms with Crippen LogP contribution in [0, 0.1) is 40.4 Å². The fourth-order valence-electron chi connectivity index (χ4n) is 6.34. The van der Waals surface area contributed by atoms with Gasteiger partial charge in [0.2, 0.25) is 0 Å². The van der Waals surface area contributed by atoms with Gasteiger partial charge in [-0.1, -0.05) is 32.9 Å². The Morgan fingerprint density at radius 1 is 1.00 bits per heavy atom. The van der Waals surface area contributed by atoms with Crippen molar-refractivity contribution in [2.45, 2.75) is 46.1 Å². The number of rotatable bonds is 0. The molecule has 94 valence electrons. The molecular weight excluding hydrogens is 208 g/mol. The van der Waals surface area contributed by atoms with E-state index in [4.69, 9.17) is 0 Å². The van der Waals surface area contributed by atoms with Crippen molar-refractivity contribution < 1.29 is 5.11 Å². The van der Waals surface area contributed by atoms with Crippen molar-refractivity contribution in [1.29, 1.82) is 0 Å². The third-order valence-corrected chi connectivity index (χ3v) is 6.87. The van der Waals surface area contributed by atoms with E-state index in [-0.39, 0.29) is 11.5 Å². The van der Waals surface area contributed by atoms with Crippen LogP contribution in [0.25, 0.3) is 0 Å². The Hall–Kier alpha value is -0.300. The molecule has 0 aromatic rings. The fourth-order valence-corrected chi connectivity index (χ4v) is 6.34. The normalized spacial score (nSPS) is 61.9. The van der Waals surface area contributed by atoms with E-state index in [9.17, 15) is 5.11 Å².